The first-order valence-electron chi connectivity index (χ1n) is 7.42. The van der Waals surface area contributed by atoms with E-state index in [0.29, 0.717) is 11.7 Å². The zero-order chi connectivity index (χ0) is 14.7. The Morgan fingerprint density at radius 3 is 2.18 bits per heavy atom. The van der Waals surface area contributed by atoms with Gasteiger partial charge in [0.05, 0.1) is 6.04 Å². The predicted octanol–water partition coefficient (Wildman–Crippen LogP) is 2.08. The number of amides is 3. The maximum atomic E-state index is 12.0. The van der Waals surface area contributed by atoms with Crippen molar-refractivity contribution in [2.45, 2.75) is 37.8 Å². The SMILES string of the molecule is Cl.O=C(Nc1ccc(NC(=O)C2CCCN2)cc1)NC1CC1. The lowest BCUT2D eigenvalue weighted by molar-refractivity contribution is -0.117. The monoisotopic (exact) mass is 324 g/mol. The van der Waals surface area contributed by atoms with Crippen molar-refractivity contribution in [3.63, 3.8) is 0 Å². The standard InChI is InChI=1S/C15H20N4O2.ClH/c20-14(13-2-1-9-16-13)17-10-3-5-11(6-4-10)18-15(21)19-12-7-8-12;/h3-6,12-13,16H,1-2,7-9H2,(H,17,20)(H2,18,19,21);1H. The first-order chi connectivity index (χ1) is 10.2. The second-order valence-corrected chi connectivity index (χ2v) is 5.59. The average molecular weight is 325 g/mol. The Balaban J connectivity index is 0.00000176. The zero-order valence-corrected chi connectivity index (χ0v) is 13.0. The Morgan fingerprint density at radius 1 is 1.00 bits per heavy atom. The summed E-state index contributed by atoms with van der Waals surface area (Å²) in [5, 5.41) is 11.7. The lowest BCUT2D eigenvalue weighted by Gasteiger charge is -2.12. The molecular weight excluding hydrogens is 304 g/mol. The van der Waals surface area contributed by atoms with Gasteiger partial charge in [0.15, 0.2) is 0 Å². The van der Waals surface area contributed by atoms with Gasteiger partial charge < -0.3 is 21.3 Å². The van der Waals surface area contributed by atoms with E-state index in [0.717, 1.165) is 37.9 Å². The minimum absolute atomic E-state index is 0. The van der Waals surface area contributed by atoms with Crippen LogP contribution < -0.4 is 21.3 Å². The molecule has 1 saturated heterocycles. The molecule has 2 fully saturated rings. The number of halogens is 1. The summed E-state index contributed by atoms with van der Waals surface area (Å²) in [5.41, 5.74) is 1.45. The molecule has 22 heavy (non-hydrogen) atoms. The second kappa shape index (κ2) is 7.47. The van der Waals surface area contributed by atoms with Crippen molar-refractivity contribution in [2.75, 3.05) is 17.2 Å². The van der Waals surface area contributed by atoms with Crippen molar-refractivity contribution >= 4 is 35.7 Å². The molecule has 1 unspecified atom stereocenters. The van der Waals surface area contributed by atoms with Crippen molar-refractivity contribution in [3.05, 3.63) is 24.3 Å². The number of anilines is 2. The number of rotatable bonds is 4. The average Bonchev–Trinajstić information content (AvgIpc) is 3.10. The first kappa shape index (κ1) is 16.6. The Labute approximate surface area is 135 Å². The van der Waals surface area contributed by atoms with E-state index in [9.17, 15) is 9.59 Å². The van der Waals surface area contributed by atoms with E-state index in [1.807, 2.05) is 0 Å². The highest BCUT2D eigenvalue weighted by Gasteiger charge is 2.23. The molecule has 0 spiro atoms. The van der Waals surface area contributed by atoms with Crippen LogP contribution in [-0.4, -0.2) is 30.6 Å². The third-order valence-electron chi connectivity index (χ3n) is 3.70. The molecule has 3 amide bonds. The maximum absolute atomic E-state index is 12.0. The lowest BCUT2D eigenvalue weighted by Crippen LogP contribution is -2.35. The van der Waals surface area contributed by atoms with Crippen LogP contribution in [0.2, 0.25) is 0 Å². The van der Waals surface area contributed by atoms with Gasteiger partial charge in [0.1, 0.15) is 0 Å². The van der Waals surface area contributed by atoms with Crippen LogP contribution in [0.25, 0.3) is 0 Å². The van der Waals surface area contributed by atoms with E-state index in [1.165, 1.54) is 0 Å². The van der Waals surface area contributed by atoms with Gasteiger partial charge in [0.25, 0.3) is 0 Å². The summed E-state index contributed by atoms with van der Waals surface area (Å²) in [6.07, 6.45) is 4.05. The minimum atomic E-state index is -0.176. The van der Waals surface area contributed by atoms with Gasteiger partial charge in [-0.3, -0.25) is 4.79 Å². The van der Waals surface area contributed by atoms with Crippen LogP contribution in [0.5, 0.6) is 0 Å². The van der Waals surface area contributed by atoms with E-state index in [1.54, 1.807) is 24.3 Å². The molecule has 1 atom stereocenters. The van der Waals surface area contributed by atoms with Crippen molar-refractivity contribution in [1.29, 1.82) is 0 Å². The van der Waals surface area contributed by atoms with Crippen LogP contribution in [0.4, 0.5) is 16.2 Å². The third kappa shape index (κ3) is 4.61. The molecule has 1 aromatic rings. The number of carbonyl (C=O) groups is 2. The molecule has 0 bridgehead atoms. The van der Waals surface area contributed by atoms with Crippen LogP contribution in [0.15, 0.2) is 24.3 Å². The Morgan fingerprint density at radius 2 is 1.64 bits per heavy atom. The summed E-state index contributed by atoms with van der Waals surface area (Å²) in [7, 11) is 0. The molecule has 0 radical (unpaired) electrons. The predicted molar refractivity (Wildman–Crippen MR) is 88.5 cm³/mol. The number of urea groups is 1. The molecule has 0 aromatic heterocycles. The Kier molecular flexibility index (Phi) is 5.63. The van der Waals surface area contributed by atoms with Gasteiger partial charge in [0.2, 0.25) is 5.91 Å². The van der Waals surface area contributed by atoms with Gasteiger partial charge >= 0.3 is 6.03 Å². The number of hydrogen-bond acceptors (Lipinski definition) is 3. The van der Waals surface area contributed by atoms with Crippen molar-refractivity contribution in [2.24, 2.45) is 0 Å². The van der Waals surface area contributed by atoms with E-state index >= 15 is 0 Å². The molecule has 7 heteroatoms. The van der Waals surface area contributed by atoms with Crippen molar-refractivity contribution in [3.8, 4) is 0 Å². The van der Waals surface area contributed by atoms with Gasteiger partial charge in [-0.15, -0.1) is 12.4 Å². The minimum Gasteiger partial charge on any atom is -0.335 e. The molecule has 1 saturated carbocycles. The quantitative estimate of drug-likeness (QED) is 0.684. The Bertz CT molecular complexity index is 525. The lowest BCUT2D eigenvalue weighted by atomic mass is 10.2. The number of nitrogens with one attached hydrogen (secondary N) is 4. The summed E-state index contributed by atoms with van der Waals surface area (Å²) in [5.74, 6) is -0.000291. The summed E-state index contributed by atoms with van der Waals surface area (Å²) in [4.78, 5) is 23.6. The van der Waals surface area contributed by atoms with E-state index in [4.69, 9.17) is 0 Å². The molecule has 120 valence electrons. The van der Waals surface area contributed by atoms with Crippen LogP contribution >= 0.6 is 12.4 Å². The summed E-state index contributed by atoms with van der Waals surface area (Å²) >= 11 is 0. The fourth-order valence-corrected chi connectivity index (χ4v) is 2.35. The second-order valence-electron chi connectivity index (χ2n) is 5.59. The normalized spacial score (nSPS) is 19.9. The smallest absolute Gasteiger partial charge is 0.319 e. The highest BCUT2D eigenvalue weighted by Crippen LogP contribution is 2.19. The van der Waals surface area contributed by atoms with E-state index in [-0.39, 0.29) is 30.4 Å². The van der Waals surface area contributed by atoms with Gasteiger partial charge in [-0.1, -0.05) is 0 Å². The fourth-order valence-electron chi connectivity index (χ4n) is 2.35. The van der Waals surface area contributed by atoms with Gasteiger partial charge in [-0.2, -0.15) is 0 Å². The topological polar surface area (TPSA) is 82.3 Å². The van der Waals surface area contributed by atoms with Gasteiger partial charge in [-0.25, -0.2) is 4.79 Å². The van der Waals surface area contributed by atoms with Crippen LogP contribution in [0, 0.1) is 0 Å². The van der Waals surface area contributed by atoms with E-state index < -0.39 is 0 Å². The number of hydrogen-bond donors (Lipinski definition) is 4. The van der Waals surface area contributed by atoms with Crippen LogP contribution in [-0.2, 0) is 4.79 Å². The maximum Gasteiger partial charge on any atom is 0.319 e. The summed E-state index contributed by atoms with van der Waals surface area (Å²) < 4.78 is 0. The highest BCUT2D eigenvalue weighted by atomic mass is 35.5. The molecule has 2 aliphatic rings. The largest absolute Gasteiger partial charge is 0.335 e. The molecule has 1 aliphatic heterocycles. The molecule has 1 heterocycles. The summed E-state index contributed by atoms with van der Waals surface area (Å²) in [6, 6.07) is 7.21. The number of carbonyl (C=O) groups excluding carboxylic acids is 2. The van der Waals surface area contributed by atoms with Crippen molar-refractivity contribution < 1.29 is 9.59 Å². The molecular formula is C15H21ClN4O2. The van der Waals surface area contributed by atoms with Crippen molar-refractivity contribution in [1.82, 2.24) is 10.6 Å². The molecule has 4 N–H and O–H groups in total. The summed E-state index contributed by atoms with van der Waals surface area (Å²) in [6.45, 7) is 0.900. The molecule has 6 nitrogen and oxygen atoms in total. The zero-order valence-electron chi connectivity index (χ0n) is 12.2. The van der Waals surface area contributed by atoms with Gasteiger partial charge in [0, 0.05) is 17.4 Å². The van der Waals surface area contributed by atoms with Crippen LogP contribution in [0.1, 0.15) is 25.7 Å². The first-order valence-corrected chi connectivity index (χ1v) is 7.42. The number of benzene rings is 1. The molecule has 1 aromatic carbocycles. The highest BCUT2D eigenvalue weighted by molar-refractivity contribution is 5.95. The third-order valence-corrected chi connectivity index (χ3v) is 3.70. The molecule has 1 aliphatic carbocycles. The fraction of sp³-hybridized carbons (Fsp3) is 0.467. The molecule has 3 rings (SSSR count). The van der Waals surface area contributed by atoms with E-state index in [2.05, 4.69) is 21.3 Å². The Hall–Kier alpha value is -1.79. The van der Waals surface area contributed by atoms with Gasteiger partial charge in [-0.05, 0) is 56.5 Å². The van der Waals surface area contributed by atoms with Crippen LogP contribution in [0.3, 0.4) is 0 Å².